The molecule has 0 fully saturated rings. The van der Waals surface area contributed by atoms with E-state index in [0.717, 1.165) is 11.0 Å². The second-order valence-electron chi connectivity index (χ2n) is 16.2. The van der Waals surface area contributed by atoms with Crippen molar-refractivity contribution in [2.75, 3.05) is 0 Å². The summed E-state index contributed by atoms with van der Waals surface area (Å²) in [5.41, 5.74) is 19.8. The largest absolute Gasteiger partial charge is 0.246 e. The second-order valence-corrected chi connectivity index (χ2v) is 16.2. The van der Waals surface area contributed by atoms with Gasteiger partial charge in [-0.15, -0.1) is 0 Å². The Morgan fingerprint density at radius 3 is 1.17 bits per heavy atom. The van der Waals surface area contributed by atoms with Crippen molar-refractivity contribution in [1.82, 2.24) is 4.98 Å². The molecule has 2 aliphatic rings. The quantitative estimate of drug-likeness (QED) is 0.130. The molecule has 13 rings (SSSR count). The van der Waals surface area contributed by atoms with Gasteiger partial charge in [0.05, 0.1) is 16.4 Å². The summed E-state index contributed by atoms with van der Waals surface area (Å²) in [6, 6.07) is 78.6. The van der Waals surface area contributed by atoms with Crippen molar-refractivity contribution < 1.29 is 0 Å². The third-order valence-electron chi connectivity index (χ3n) is 13.3. The van der Waals surface area contributed by atoms with Crippen LogP contribution in [0.2, 0.25) is 0 Å². The first-order chi connectivity index (χ1) is 29.3. The molecule has 0 atom stereocenters. The fraction of sp³-hybridized carbons (Fsp3) is 0.0172. The van der Waals surface area contributed by atoms with Gasteiger partial charge in [0, 0.05) is 27.1 Å². The Bertz CT molecular complexity index is 3380. The lowest BCUT2D eigenvalue weighted by Crippen LogP contribution is -2.25. The molecule has 2 aliphatic carbocycles. The Morgan fingerprint density at radius 1 is 0.271 bits per heavy atom. The molecule has 0 saturated heterocycles. The van der Waals surface area contributed by atoms with E-state index in [0.29, 0.717) is 0 Å². The highest BCUT2D eigenvalue weighted by molar-refractivity contribution is 6.21. The van der Waals surface area contributed by atoms with Gasteiger partial charge in [0.25, 0.3) is 0 Å². The summed E-state index contributed by atoms with van der Waals surface area (Å²) in [6.45, 7) is 0. The zero-order valence-corrected chi connectivity index (χ0v) is 32.2. The van der Waals surface area contributed by atoms with Gasteiger partial charge in [0.1, 0.15) is 0 Å². The lowest BCUT2D eigenvalue weighted by molar-refractivity contribution is 0.794. The van der Waals surface area contributed by atoms with Gasteiger partial charge in [-0.2, -0.15) is 0 Å². The number of hydrogen-bond donors (Lipinski definition) is 0. The highest BCUT2D eigenvalue weighted by Gasteiger charge is 2.51. The molecule has 1 spiro atoms. The number of pyridine rings is 1. The summed E-state index contributed by atoms with van der Waals surface area (Å²) in [4.78, 5) is 5.39. The van der Waals surface area contributed by atoms with Gasteiger partial charge < -0.3 is 0 Å². The van der Waals surface area contributed by atoms with E-state index in [9.17, 15) is 0 Å². The smallest absolute Gasteiger partial charge is 0.0794 e. The monoisotopic (exact) mass is 745 g/mol. The summed E-state index contributed by atoms with van der Waals surface area (Å²) >= 11 is 0. The molecule has 0 aliphatic heterocycles. The van der Waals surface area contributed by atoms with Crippen LogP contribution in [0.25, 0.3) is 99.0 Å². The number of rotatable bonds is 3. The van der Waals surface area contributed by atoms with E-state index in [4.69, 9.17) is 4.98 Å². The van der Waals surface area contributed by atoms with Crippen LogP contribution < -0.4 is 0 Å². The predicted molar refractivity (Wildman–Crippen MR) is 247 cm³/mol. The van der Waals surface area contributed by atoms with E-state index in [1.54, 1.807) is 0 Å². The molecule has 0 radical (unpaired) electrons. The van der Waals surface area contributed by atoms with Crippen molar-refractivity contribution in [3.05, 3.63) is 235 Å². The summed E-state index contributed by atoms with van der Waals surface area (Å²) < 4.78 is 0. The number of nitrogens with zero attached hydrogens (tertiary/aromatic N) is 1. The molecule has 0 bridgehead atoms. The van der Waals surface area contributed by atoms with Crippen molar-refractivity contribution in [1.29, 1.82) is 0 Å². The molecule has 1 aromatic heterocycles. The van der Waals surface area contributed by atoms with E-state index in [1.165, 1.54) is 110 Å². The van der Waals surface area contributed by atoms with Crippen LogP contribution in [0.15, 0.2) is 212 Å². The molecule has 1 heteroatoms. The molecule has 59 heavy (non-hydrogen) atoms. The van der Waals surface area contributed by atoms with Gasteiger partial charge in [-0.3, -0.25) is 0 Å². The van der Waals surface area contributed by atoms with Crippen LogP contribution in [0.5, 0.6) is 0 Å². The van der Waals surface area contributed by atoms with Gasteiger partial charge in [-0.25, -0.2) is 4.98 Å². The van der Waals surface area contributed by atoms with Crippen molar-refractivity contribution >= 4 is 43.4 Å². The fourth-order valence-corrected chi connectivity index (χ4v) is 10.7. The molecular weight excluding hydrogens is 711 g/mol. The SMILES string of the molecule is c1ccc2c(c1)-c1ccccc1C21c2ccccc2-c2ccc(-c3ccc(-c4ccc(-c5c6ccc7ccccc7c6nc6c5ccc5ccccc56)cc4)cc3)cc21. The maximum Gasteiger partial charge on any atom is 0.0794 e. The Hall–Kier alpha value is -7.61. The first-order valence-corrected chi connectivity index (χ1v) is 20.5. The summed E-state index contributed by atoms with van der Waals surface area (Å²) in [6.07, 6.45) is 0. The van der Waals surface area contributed by atoms with Gasteiger partial charge in [0.15, 0.2) is 0 Å². The normalized spacial score (nSPS) is 13.2. The first kappa shape index (κ1) is 32.5. The second kappa shape index (κ2) is 12.2. The van der Waals surface area contributed by atoms with Crippen molar-refractivity contribution in [2.45, 2.75) is 5.41 Å². The molecule has 0 amide bonds. The molecular formula is C58H35N. The maximum atomic E-state index is 5.39. The zero-order chi connectivity index (χ0) is 38.7. The predicted octanol–water partition coefficient (Wildman–Crippen LogP) is 15.0. The highest BCUT2D eigenvalue weighted by atomic mass is 14.7. The van der Waals surface area contributed by atoms with Gasteiger partial charge in [-0.1, -0.05) is 206 Å². The zero-order valence-electron chi connectivity index (χ0n) is 32.2. The Kier molecular flexibility index (Phi) is 6.71. The molecule has 272 valence electrons. The minimum atomic E-state index is -0.345. The topological polar surface area (TPSA) is 12.9 Å². The van der Waals surface area contributed by atoms with Crippen LogP contribution in [0.4, 0.5) is 0 Å². The van der Waals surface area contributed by atoms with Gasteiger partial charge in [-0.05, 0) is 89.2 Å². The third-order valence-corrected chi connectivity index (χ3v) is 13.3. The van der Waals surface area contributed by atoms with E-state index in [2.05, 4.69) is 212 Å². The minimum absolute atomic E-state index is 0.345. The number of aromatic nitrogens is 1. The van der Waals surface area contributed by atoms with Crippen LogP contribution in [-0.4, -0.2) is 4.98 Å². The van der Waals surface area contributed by atoms with Crippen LogP contribution in [0, 0.1) is 0 Å². The maximum absolute atomic E-state index is 5.39. The average Bonchev–Trinajstić information content (AvgIpc) is 3.78. The number of hydrogen-bond acceptors (Lipinski definition) is 1. The average molecular weight is 746 g/mol. The lowest BCUT2D eigenvalue weighted by atomic mass is 9.70. The molecule has 1 heterocycles. The van der Waals surface area contributed by atoms with E-state index in [1.807, 2.05) is 0 Å². The van der Waals surface area contributed by atoms with Crippen molar-refractivity contribution in [2.24, 2.45) is 0 Å². The summed E-state index contributed by atoms with van der Waals surface area (Å²) in [7, 11) is 0. The molecule has 10 aromatic carbocycles. The van der Waals surface area contributed by atoms with Crippen LogP contribution in [0.3, 0.4) is 0 Å². The number of fused-ring (bicyclic) bond motifs is 16. The fourth-order valence-electron chi connectivity index (χ4n) is 10.7. The third kappa shape index (κ3) is 4.47. The lowest BCUT2D eigenvalue weighted by Gasteiger charge is -2.30. The van der Waals surface area contributed by atoms with Crippen LogP contribution in [0.1, 0.15) is 22.3 Å². The van der Waals surface area contributed by atoms with E-state index < -0.39 is 0 Å². The molecule has 11 aromatic rings. The number of benzene rings is 10. The Labute approximate surface area is 342 Å². The molecule has 0 unspecified atom stereocenters. The standard InChI is InChI=1S/C58H35N/c1-3-13-43-39(11-1)29-33-49-55(50-34-30-40-12-2-4-14-44(40)57(50)59-56(43)49)41-27-25-37(26-28-41)36-21-23-38(24-22-36)42-31-32-48-47-17-7-10-20-53(47)58(54(48)35-42)51-18-8-5-15-45(51)46-16-6-9-19-52(46)58/h1-35H. The van der Waals surface area contributed by atoms with Crippen LogP contribution >= 0.6 is 0 Å². The molecule has 1 nitrogen and oxygen atoms in total. The Balaban J connectivity index is 0.906. The van der Waals surface area contributed by atoms with E-state index >= 15 is 0 Å². The van der Waals surface area contributed by atoms with Gasteiger partial charge >= 0.3 is 0 Å². The molecule has 0 saturated carbocycles. The van der Waals surface area contributed by atoms with E-state index in [-0.39, 0.29) is 5.41 Å². The van der Waals surface area contributed by atoms with Crippen molar-refractivity contribution in [3.63, 3.8) is 0 Å². The Morgan fingerprint density at radius 2 is 0.661 bits per heavy atom. The molecule has 0 N–H and O–H groups in total. The summed E-state index contributed by atoms with van der Waals surface area (Å²) in [5, 5.41) is 7.11. The highest BCUT2D eigenvalue weighted by Crippen LogP contribution is 2.63. The summed E-state index contributed by atoms with van der Waals surface area (Å²) in [5.74, 6) is 0. The van der Waals surface area contributed by atoms with Crippen LogP contribution in [-0.2, 0) is 5.41 Å². The minimum Gasteiger partial charge on any atom is -0.246 e. The van der Waals surface area contributed by atoms with Crippen molar-refractivity contribution in [3.8, 4) is 55.6 Å². The van der Waals surface area contributed by atoms with Gasteiger partial charge in [0.2, 0.25) is 0 Å². The first-order valence-electron chi connectivity index (χ1n) is 20.5.